The van der Waals surface area contributed by atoms with E-state index in [1.54, 1.807) is 21.7 Å². The normalized spacial score (nSPS) is 21.0. The minimum Gasteiger partial charge on any atom is -0.325 e. The average Bonchev–Trinajstić information content (AvgIpc) is 3.20. The van der Waals surface area contributed by atoms with Crippen molar-refractivity contribution in [3.8, 4) is 0 Å². The van der Waals surface area contributed by atoms with E-state index < -0.39 is 5.41 Å². The van der Waals surface area contributed by atoms with Crippen LogP contribution in [-0.4, -0.2) is 44.5 Å². The van der Waals surface area contributed by atoms with E-state index in [-0.39, 0.29) is 11.9 Å². The van der Waals surface area contributed by atoms with Crippen molar-refractivity contribution < 1.29 is 9.59 Å². The van der Waals surface area contributed by atoms with Gasteiger partial charge in [-0.2, -0.15) is 5.10 Å². The molecule has 2 aromatic heterocycles. The van der Waals surface area contributed by atoms with E-state index in [1.165, 1.54) is 0 Å². The third-order valence-corrected chi connectivity index (χ3v) is 5.61. The molecular weight excluding hydrogens is 356 g/mol. The molecule has 2 aliphatic heterocycles. The number of nitrogens with zero attached hydrogens (tertiary/aromatic N) is 4. The van der Waals surface area contributed by atoms with Crippen LogP contribution in [0.5, 0.6) is 0 Å². The zero-order valence-corrected chi connectivity index (χ0v) is 15.5. The number of carbonyl (C=O) groups is 2. The molecule has 4 heterocycles. The van der Waals surface area contributed by atoms with Crippen LogP contribution < -0.4 is 10.6 Å². The van der Waals surface area contributed by atoms with Crippen molar-refractivity contribution in [3.63, 3.8) is 0 Å². The number of benzene rings is 1. The monoisotopic (exact) mass is 376 g/mol. The quantitative estimate of drug-likeness (QED) is 0.683. The van der Waals surface area contributed by atoms with Crippen LogP contribution in [0.2, 0.25) is 0 Å². The molecule has 0 bridgehead atoms. The lowest BCUT2D eigenvalue weighted by Crippen LogP contribution is -2.52. The van der Waals surface area contributed by atoms with E-state index in [9.17, 15) is 9.59 Å². The van der Waals surface area contributed by atoms with E-state index in [0.717, 1.165) is 24.1 Å². The Hall–Kier alpha value is -3.42. The number of piperidine rings is 1. The lowest BCUT2D eigenvalue weighted by molar-refractivity contribution is -0.122. The van der Waals surface area contributed by atoms with Crippen molar-refractivity contribution in [1.82, 2.24) is 19.5 Å². The van der Waals surface area contributed by atoms with Crippen LogP contribution in [0.25, 0.3) is 5.65 Å². The lowest BCUT2D eigenvalue weighted by atomic mass is 9.75. The van der Waals surface area contributed by atoms with Crippen LogP contribution in [0.4, 0.5) is 16.2 Å². The van der Waals surface area contributed by atoms with Crippen molar-refractivity contribution in [2.24, 2.45) is 0 Å². The van der Waals surface area contributed by atoms with E-state index >= 15 is 0 Å². The van der Waals surface area contributed by atoms with Crippen molar-refractivity contribution in [1.29, 1.82) is 0 Å². The van der Waals surface area contributed by atoms with Gasteiger partial charge in [-0.25, -0.2) is 14.3 Å². The summed E-state index contributed by atoms with van der Waals surface area (Å²) in [6, 6.07) is 11.1. The molecule has 142 valence electrons. The number of hydrogen-bond donors (Lipinski definition) is 2. The molecule has 1 atom stereocenters. The van der Waals surface area contributed by atoms with Gasteiger partial charge in [-0.15, -0.1) is 0 Å². The second kappa shape index (κ2) is 6.05. The number of amides is 3. The fourth-order valence-electron chi connectivity index (χ4n) is 4.31. The fourth-order valence-corrected chi connectivity index (χ4v) is 4.31. The SMILES string of the molecule is Cc1nc2c(NC(=O)N3CCCC4(C3)C(=O)Nc3ccccc34)cccn2n1. The van der Waals surface area contributed by atoms with Crippen LogP contribution >= 0.6 is 0 Å². The maximum Gasteiger partial charge on any atom is 0.321 e. The van der Waals surface area contributed by atoms with Gasteiger partial charge in [0.2, 0.25) is 5.91 Å². The Balaban J connectivity index is 1.42. The number of pyridine rings is 1. The summed E-state index contributed by atoms with van der Waals surface area (Å²) in [5.41, 5.74) is 2.35. The molecule has 1 aromatic carbocycles. The number of nitrogens with one attached hydrogen (secondary N) is 2. The molecule has 8 heteroatoms. The Morgan fingerprint density at radius 1 is 1.25 bits per heavy atom. The number of likely N-dealkylation sites (tertiary alicyclic amines) is 1. The molecule has 1 saturated heterocycles. The van der Waals surface area contributed by atoms with Gasteiger partial charge in [0.1, 0.15) is 5.82 Å². The standard InChI is InChI=1S/C20H20N6O2/c1-13-21-17-16(8-4-11-26(17)24-13)23-19(28)25-10-5-9-20(12-25)14-6-2-3-7-15(14)22-18(20)27/h2-4,6-8,11H,5,9-10,12H2,1H3,(H,22,27)(H,23,28). The number of urea groups is 1. The Kier molecular flexibility index (Phi) is 3.61. The number of aromatic nitrogens is 3. The molecule has 3 amide bonds. The molecule has 1 spiro atoms. The van der Waals surface area contributed by atoms with Crippen molar-refractivity contribution in [2.75, 3.05) is 23.7 Å². The highest BCUT2D eigenvalue weighted by Crippen LogP contribution is 2.43. The zero-order valence-electron chi connectivity index (χ0n) is 15.5. The van der Waals surface area contributed by atoms with E-state index in [1.807, 2.05) is 37.3 Å². The molecule has 28 heavy (non-hydrogen) atoms. The third-order valence-electron chi connectivity index (χ3n) is 5.61. The highest BCUT2D eigenvalue weighted by Gasteiger charge is 2.49. The maximum atomic E-state index is 13.0. The van der Waals surface area contributed by atoms with Crippen LogP contribution in [0, 0.1) is 6.92 Å². The summed E-state index contributed by atoms with van der Waals surface area (Å²) in [6.07, 6.45) is 3.29. The van der Waals surface area contributed by atoms with Crippen LogP contribution in [0.3, 0.4) is 0 Å². The third kappa shape index (κ3) is 2.45. The molecule has 8 nitrogen and oxygen atoms in total. The summed E-state index contributed by atoms with van der Waals surface area (Å²) in [6.45, 7) is 2.78. The molecule has 1 fully saturated rings. The maximum absolute atomic E-state index is 13.0. The minimum atomic E-state index is -0.677. The van der Waals surface area contributed by atoms with Gasteiger partial charge in [-0.05, 0) is 43.5 Å². The second-order valence-electron chi connectivity index (χ2n) is 7.39. The smallest absolute Gasteiger partial charge is 0.321 e. The fraction of sp³-hybridized carbons (Fsp3) is 0.300. The number of anilines is 2. The summed E-state index contributed by atoms with van der Waals surface area (Å²) >= 11 is 0. The number of carbonyl (C=O) groups excluding carboxylic acids is 2. The molecule has 3 aromatic rings. The van der Waals surface area contributed by atoms with Gasteiger partial charge in [-0.3, -0.25) is 4.79 Å². The van der Waals surface area contributed by atoms with Gasteiger partial charge in [-0.1, -0.05) is 18.2 Å². The summed E-state index contributed by atoms with van der Waals surface area (Å²) in [7, 11) is 0. The first-order valence-electron chi connectivity index (χ1n) is 9.36. The molecule has 0 radical (unpaired) electrons. The molecule has 2 aliphatic rings. The van der Waals surface area contributed by atoms with Gasteiger partial charge in [0.05, 0.1) is 11.1 Å². The molecule has 0 aliphatic carbocycles. The van der Waals surface area contributed by atoms with Gasteiger partial charge in [0, 0.05) is 25.0 Å². The molecule has 1 unspecified atom stereocenters. The summed E-state index contributed by atoms with van der Waals surface area (Å²) in [5, 5.41) is 10.2. The van der Waals surface area contributed by atoms with E-state index in [4.69, 9.17) is 0 Å². The summed E-state index contributed by atoms with van der Waals surface area (Å²) in [4.78, 5) is 31.9. The van der Waals surface area contributed by atoms with Gasteiger partial charge in [0.25, 0.3) is 0 Å². The molecule has 5 rings (SSSR count). The largest absolute Gasteiger partial charge is 0.325 e. The average molecular weight is 376 g/mol. The Morgan fingerprint density at radius 3 is 3.00 bits per heavy atom. The van der Waals surface area contributed by atoms with Crippen molar-refractivity contribution >= 4 is 29.0 Å². The topological polar surface area (TPSA) is 91.6 Å². The van der Waals surface area contributed by atoms with Gasteiger partial charge < -0.3 is 15.5 Å². The number of fused-ring (bicyclic) bond motifs is 3. The van der Waals surface area contributed by atoms with Crippen molar-refractivity contribution in [3.05, 3.63) is 54.0 Å². The molecule has 0 saturated carbocycles. The first-order valence-corrected chi connectivity index (χ1v) is 9.36. The number of hydrogen-bond acceptors (Lipinski definition) is 4. The number of aryl methyl sites for hydroxylation is 1. The van der Waals surface area contributed by atoms with E-state index in [2.05, 4.69) is 20.7 Å². The van der Waals surface area contributed by atoms with Crippen LogP contribution in [0.15, 0.2) is 42.6 Å². The number of rotatable bonds is 1. The van der Waals surface area contributed by atoms with Crippen LogP contribution in [0.1, 0.15) is 24.2 Å². The molecule has 2 N–H and O–H groups in total. The highest BCUT2D eigenvalue weighted by molar-refractivity contribution is 6.07. The Bertz CT molecular complexity index is 1110. The highest BCUT2D eigenvalue weighted by atomic mass is 16.2. The number of para-hydroxylation sites is 1. The predicted octanol–water partition coefficient (Wildman–Crippen LogP) is 2.56. The Labute approximate surface area is 161 Å². The van der Waals surface area contributed by atoms with E-state index in [0.29, 0.717) is 30.2 Å². The first kappa shape index (κ1) is 16.7. The molecular formula is C20H20N6O2. The summed E-state index contributed by atoms with van der Waals surface area (Å²) in [5.74, 6) is 0.610. The van der Waals surface area contributed by atoms with Gasteiger partial charge in [0.15, 0.2) is 5.65 Å². The minimum absolute atomic E-state index is 0.0265. The zero-order chi connectivity index (χ0) is 19.3. The Morgan fingerprint density at radius 2 is 2.11 bits per heavy atom. The predicted molar refractivity (Wildman–Crippen MR) is 104 cm³/mol. The summed E-state index contributed by atoms with van der Waals surface area (Å²) < 4.78 is 1.64. The van der Waals surface area contributed by atoms with Gasteiger partial charge >= 0.3 is 6.03 Å². The van der Waals surface area contributed by atoms with Crippen LogP contribution in [-0.2, 0) is 10.2 Å². The second-order valence-corrected chi connectivity index (χ2v) is 7.39. The van der Waals surface area contributed by atoms with Crippen molar-refractivity contribution in [2.45, 2.75) is 25.2 Å². The first-order chi connectivity index (χ1) is 13.6. The lowest BCUT2D eigenvalue weighted by Gasteiger charge is -2.38.